The number of rotatable bonds is 15. The topological polar surface area (TPSA) is 71.1 Å². The number of benzene rings is 1. The molecular formula is C29H49O6P. The molecular weight excluding hydrogens is 475 g/mol. The summed E-state index contributed by atoms with van der Waals surface area (Å²) in [6.07, 6.45) is 10.6. The molecule has 0 spiro atoms. The molecule has 0 amide bonds. The Morgan fingerprint density at radius 3 is 1.89 bits per heavy atom. The van der Waals surface area contributed by atoms with E-state index < -0.39 is 24.4 Å². The molecule has 2 rings (SSSR count). The first-order valence-electron chi connectivity index (χ1n) is 13.6. The van der Waals surface area contributed by atoms with Crippen LogP contribution >= 0.6 is 7.82 Å². The van der Waals surface area contributed by atoms with Gasteiger partial charge in [-0.05, 0) is 78.4 Å². The summed E-state index contributed by atoms with van der Waals surface area (Å²) in [4.78, 5) is 12.1. The lowest BCUT2D eigenvalue weighted by Gasteiger charge is -2.33. The summed E-state index contributed by atoms with van der Waals surface area (Å²) in [5.41, 5.74) is 0.582. The zero-order chi connectivity index (χ0) is 26.9. The van der Waals surface area contributed by atoms with Crippen molar-refractivity contribution in [1.82, 2.24) is 0 Å². The zero-order valence-corrected chi connectivity index (χ0v) is 24.6. The Hall–Kier alpha value is -1.20. The number of phosphoric ester groups is 1. The maximum absolute atomic E-state index is 13.5. The Bertz CT molecular complexity index is 832. The van der Waals surface area contributed by atoms with Crippen LogP contribution in [-0.2, 0) is 40.5 Å². The van der Waals surface area contributed by atoms with E-state index in [-0.39, 0.29) is 25.6 Å². The molecule has 6 nitrogen and oxygen atoms in total. The number of hydrogen-bond donors (Lipinski definition) is 0. The normalized spacial score (nSPS) is 19.0. The fourth-order valence-electron chi connectivity index (χ4n) is 4.32. The van der Waals surface area contributed by atoms with Gasteiger partial charge >= 0.3 is 13.8 Å². The third kappa shape index (κ3) is 11.9. The van der Waals surface area contributed by atoms with Crippen LogP contribution in [0.25, 0.3) is 0 Å². The summed E-state index contributed by atoms with van der Waals surface area (Å²) < 4.78 is 36.2. The zero-order valence-electron chi connectivity index (χ0n) is 23.7. The van der Waals surface area contributed by atoms with Crippen molar-refractivity contribution in [2.75, 3.05) is 13.2 Å². The highest BCUT2D eigenvalue weighted by atomic mass is 31.2. The van der Waals surface area contributed by atoms with Crippen LogP contribution in [0.4, 0.5) is 0 Å². The van der Waals surface area contributed by atoms with Crippen molar-refractivity contribution in [1.29, 1.82) is 0 Å². The van der Waals surface area contributed by atoms with Gasteiger partial charge in [0.15, 0.2) is 0 Å². The summed E-state index contributed by atoms with van der Waals surface area (Å²) in [7, 11) is -3.87. The van der Waals surface area contributed by atoms with Gasteiger partial charge in [0.25, 0.3) is 0 Å². The number of carbonyl (C=O) groups is 1. The van der Waals surface area contributed by atoms with Gasteiger partial charge in [-0.2, -0.15) is 0 Å². The molecule has 0 radical (unpaired) electrons. The molecule has 1 fully saturated rings. The van der Waals surface area contributed by atoms with E-state index in [9.17, 15) is 9.36 Å². The van der Waals surface area contributed by atoms with Gasteiger partial charge in [-0.15, -0.1) is 0 Å². The maximum atomic E-state index is 13.5. The van der Waals surface area contributed by atoms with Crippen LogP contribution < -0.4 is 0 Å². The third-order valence-electron chi connectivity index (χ3n) is 6.14. The SMILES string of the molecule is CCCCCCCCc1ccc(CCC2(COP(=O)(OC(C)(C)C)OC(C)(C)C)COC(=O)C2)cc1. The van der Waals surface area contributed by atoms with Crippen LogP contribution in [0.1, 0.15) is 111 Å². The number of aryl methyl sites for hydroxylation is 2. The van der Waals surface area contributed by atoms with Crippen LogP contribution in [-0.4, -0.2) is 30.4 Å². The molecule has 0 aromatic heterocycles. The summed E-state index contributed by atoms with van der Waals surface area (Å²) in [5.74, 6) is -0.254. The molecule has 1 aromatic rings. The van der Waals surface area contributed by atoms with Crippen molar-refractivity contribution in [2.24, 2.45) is 5.41 Å². The second-order valence-corrected chi connectivity index (χ2v) is 13.8. The fraction of sp³-hybridized carbons (Fsp3) is 0.759. The predicted octanol–water partition coefficient (Wildman–Crippen LogP) is 8.21. The highest BCUT2D eigenvalue weighted by Crippen LogP contribution is 2.56. The molecule has 1 aromatic carbocycles. The number of esters is 1. The van der Waals surface area contributed by atoms with E-state index in [2.05, 4.69) is 31.2 Å². The Labute approximate surface area is 219 Å². The molecule has 206 valence electrons. The number of cyclic esters (lactones) is 1. The van der Waals surface area contributed by atoms with Gasteiger partial charge in [-0.1, -0.05) is 63.3 Å². The van der Waals surface area contributed by atoms with Crippen LogP contribution in [0.15, 0.2) is 24.3 Å². The van der Waals surface area contributed by atoms with Crippen LogP contribution in [0.5, 0.6) is 0 Å². The molecule has 0 aliphatic carbocycles. The Kier molecular flexibility index (Phi) is 11.7. The lowest BCUT2D eigenvalue weighted by molar-refractivity contribution is -0.137. The molecule has 1 unspecified atom stereocenters. The van der Waals surface area contributed by atoms with E-state index >= 15 is 0 Å². The minimum Gasteiger partial charge on any atom is -0.465 e. The van der Waals surface area contributed by atoms with Gasteiger partial charge in [0.05, 0.1) is 30.8 Å². The molecule has 1 aliphatic heterocycles. The minimum absolute atomic E-state index is 0.0678. The number of unbranched alkanes of at least 4 members (excludes halogenated alkanes) is 5. The summed E-state index contributed by atoms with van der Waals surface area (Å²) in [5, 5.41) is 0. The number of hydrogen-bond acceptors (Lipinski definition) is 6. The Balaban J connectivity index is 1.97. The first-order valence-corrected chi connectivity index (χ1v) is 15.1. The molecule has 1 aliphatic rings. The third-order valence-corrected chi connectivity index (χ3v) is 8.13. The summed E-state index contributed by atoms with van der Waals surface area (Å²) in [6.45, 7) is 13.4. The van der Waals surface area contributed by atoms with Gasteiger partial charge in [0.2, 0.25) is 0 Å². The van der Waals surface area contributed by atoms with E-state index in [1.165, 1.54) is 49.7 Å². The maximum Gasteiger partial charge on any atom is 0.475 e. The quantitative estimate of drug-likeness (QED) is 0.131. The van der Waals surface area contributed by atoms with Crippen molar-refractivity contribution in [3.8, 4) is 0 Å². The van der Waals surface area contributed by atoms with Gasteiger partial charge in [0.1, 0.15) is 0 Å². The Morgan fingerprint density at radius 2 is 1.39 bits per heavy atom. The van der Waals surface area contributed by atoms with Crippen LogP contribution in [0.2, 0.25) is 0 Å². The van der Waals surface area contributed by atoms with Gasteiger partial charge in [-0.25, -0.2) is 4.57 Å². The van der Waals surface area contributed by atoms with Gasteiger partial charge in [-0.3, -0.25) is 18.4 Å². The van der Waals surface area contributed by atoms with Gasteiger partial charge in [0, 0.05) is 5.41 Å². The number of carbonyl (C=O) groups excluding carboxylic acids is 1. The lowest BCUT2D eigenvalue weighted by Crippen LogP contribution is -2.31. The summed E-state index contributed by atoms with van der Waals surface area (Å²) >= 11 is 0. The van der Waals surface area contributed by atoms with Crippen molar-refractivity contribution >= 4 is 13.8 Å². The standard InChI is InChI=1S/C29H49O6P/c1-8-9-10-11-12-13-14-24-15-17-25(18-16-24)19-20-29(21-26(30)32-22-29)23-33-36(31,34-27(2,3)4)35-28(5,6)7/h15-18H,8-14,19-23H2,1-7H3. The average Bonchev–Trinajstić information content (AvgIpc) is 3.13. The largest absolute Gasteiger partial charge is 0.475 e. The Morgan fingerprint density at radius 1 is 0.861 bits per heavy atom. The van der Waals surface area contributed by atoms with Crippen molar-refractivity contribution in [3.63, 3.8) is 0 Å². The molecule has 1 heterocycles. The smallest absolute Gasteiger partial charge is 0.465 e. The van der Waals surface area contributed by atoms with Gasteiger partial charge < -0.3 is 4.74 Å². The molecule has 0 N–H and O–H groups in total. The fourth-order valence-corrected chi connectivity index (χ4v) is 6.23. The van der Waals surface area contributed by atoms with E-state index in [1.807, 2.05) is 41.5 Å². The molecule has 1 atom stereocenters. The number of phosphoric acid groups is 1. The highest BCUT2D eigenvalue weighted by molar-refractivity contribution is 7.48. The molecule has 0 saturated carbocycles. The second-order valence-electron chi connectivity index (χ2n) is 12.3. The molecule has 0 bridgehead atoms. The van der Waals surface area contributed by atoms with Crippen molar-refractivity contribution < 1.29 is 27.7 Å². The van der Waals surface area contributed by atoms with E-state index in [0.29, 0.717) is 6.42 Å². The van der Waals surface area contributed by atoms with Crippen molar-refractivity contribution in [3.05, 3.63) is 35.4 Å². The van der Waals surface area contributed by atoms with E-state index in [4.69, 9.17) is 18.3 Å². The molecule has 7 heteroatoms. The van der Waals surface area contributed by atoms with E-state index in [0.717, 1.165) is 12.8 Å². The average molecular weight is 525 g/mol. The molecule has 36 heavy (non-hydrogen) atoms. The van der Waals surface area contributed by atoms with Crippen LogP contribution in [0.3, 0.4) is 0 Å². The number of ether oxygens (including phenoxy) is 1. The predicted molar refractivity (Wildman–Crippen MR) is 145 cm³/mol. The lowest BCUT2D eigenvalue weighted by atomic mass is 9.82. The van der Waals surface area contributed by atoms with Crippen molar-refractivity contribution in [2.45, 2.75) is 124 Å². The second kappa shape index (κ2) is 13.6. The minimum atomic E-state index is -3.87. The first kappa shape index (κ1) is 31.0. The van der Waals surface area contributed by atoms with E-state index in [1.54, 1.807) is 0 Å². The first-order chi connectivity index (χ1) is 16.7. The monoisotopic (exact) mass is 524 g/mol. The highest BCUT2D eigenvalue weighted by Gasteiger charge is 2.45. The van der Waals surface area contributed by atoms with Crippen LogP contribution in [0, 0.1) is 5.41 Å². The molecule has 1 saturated heterocycles. The summed E-state index contributed by atoms with van der Waals surface area (Å²) in [6, 6.07) is 8.77.